The second-order valence-electron chi connectivity index (χ2n) is 4.61. The Hall–Kier alpha value is -1.25. The van der Waals surface area contributed by atoms with Gasteiger partial charge in [0.2, 0.25) is 0 Å². The van der Waals surface area contributed by atoms with Crippen LogP contribution in [0.5, 0.6) is 0 Å². The molecule has 1 heterocycles. The molecule has 0 bridgehead atoms. The number of hydrogen-bond acceptors (Lipinski definition) is 2. The summed E-state index contributed by atoms with van der Waals surface area (Å²) in [7, 11) is 1.86. The third kappa shape index (κ3) is 2.65. The van der Waals surface area contributed by atoms with Crippen molar-refractivity contribution < 1.29 is 9.53 Å². The molecule has 1 fully saturated rings. The van der Waals surface area contributed by atoms with E-state index in [2.05, 4.69) is 0 Å². The lowest BCUT2D eigenvalue weighted by molar-refractivity contribution is 0.0399. The molecule has 0 aliphatic heterocycles. The van der Waals surface area contributed by atoms with Crippen molar-refractivity contribution in [1.82, 2.24) is 4.57 Å². The Morgan fingerprint density at radius 1 is 1.44 bits per heavy atom. The zero-order valence-electron chi connectivity index (χ0n) is 9.82. The highest BCUT2D eigenvalue weighted by Gasteiger charge is 2.17. The van der Waals surface area contributed by atoms with Gasteiger partial charge in [0, 0.05) is 13.2 Å². The Balaban J connectivity index is 1.81. The predicted octanol–water partition coefficient (Wildman–Crippen LogP) is 2.76. The summed E-state index contributed by atoms with van der Waals surface area (Å²) in [5.74, 6) is 0.385. The van der Waals surface area contributed by atoms with Crippen LogP contribution in [-0.2, 0) is 11.8 Å². The van der Waals surface area contributed by atoms with E-state index in [0.717, 1.165) is 0 Å². The summed E-state index contributed by atoms with van der Waals surface area (Å²) in [6.45, 7) is 0.587. The van der Waals surface area contributed by atoms with Crippen molar-refractivity contribution in [2.75, 3.05) is 6.61 Å². The van der Waals surface area contributed by atoms with E-state index in [1.165, 1.54) is 32.1 Å². The monoisotopic (exact) mass is 221 g/mol. The highest BCUT2D eigenvalue weighted by atomic mass is 16.5. The molecular formula is C13H19NO2. The summed E-state index contributed by atoms with van der Waals surface area (Å²) in [5.41, 5.74) is 0.635. The summed E-state index contributed by atoms with van der Waals surface area (Å²) < 4.78 is 7.14. The first-order valence-electron chi connectivity index (χ1n) is 6.06. The molecule has 0 radical (unpaired) electrons. The molecule has 1 aromatic rings. The van der Waals surface area contributed by atoms with Gasteiger partial charge in [-0.05, 0) is 30.9 Å². The van der Waals surface area contributed by atoms with Crippen molar-refractivity contribution in [3.05, 3.63) is 24.0 Å². The van der Waals surface area contributed by atoms with Crippen molar-refractivity contribution in [2.24, 2.45) is 13.0 Å². The molecule has 0 aromatic carbocycles. The van der Waals surface area contributed by atoms with E-state index in [1.807, 2.05) is 19.3 Å². The average Bonchev–Trinajstić information content (AvgIpc) is 2.74. The normalized spacial score (nSPS) is 17.3. The van der Waals surface area contributed by atoms with E-state index in [4.69, 9.17) is 4.74 Å². The third-order valence-electron chi connectivity index (χ3n) is 3.33. The van der Waals surface area contributed by atoms with Gasteiger partial charge in [-0.2, -0.15) is 0 Å². The van der Waals surface area contributed by atoms with E-state index in [1.54, 1.807) is 10.6 Å². The number of aryl methyl sites for hydroxylation is 1. The summed E-state index contributed by atoms with van der Waals surface area (Å²) in [5, 5.41) is 0. The molecule has 0 atom stereocenters. The molecule has 3 heteroatoms. The van der Waals surface area contributed by atoms with Gasteiger partial charge < -0.3 is 9.30 Å². The molecule has 0 unspecified atom stereocenters. The molecule has 1 aromatic heterocycles. The number of nitrogens with zero attached hydrogens (tertiary/aromatic N) is 1. The van der Waals surface area contributed by atoms with Crippen molar-refractivity contribution in [1.29, 1.82) is 0 Å². The summed E-state index contributed by atoms with van der Waals surface area (Å²) in [6.07, 6.45) is 8.18. The minimum absolute atomic E-state index is 0.196. The van der Waals surface area contributed by atoms with Gasteiger partial charge in [0.05, 0.1) is 6.61 Å². The van der Waals surface area contributed by atoms with Crippen LogP contribution in [0.15, 0.2) is 18.3 Å². The number of carbonyl (C=O) groups is 1. The van der Waals surface area contributed by atoms with Crippen LogP contribution < -0.4 is 0 Å². The molecule has 1 aliphatic rings. The summed E-state index contributed by atoms with van der Waals surface area (Å²) in [6, 6.07) is 3.65. The van der Waals surface area contributed by atoms with Gasteiger partial charge in [-0.25, -0.2) is 4.79 Å². The Morgan fingerprint density at radius 3 is 2.81 bits per heavy atom. The standard InChI is InChI=1S/C13H19NO2/c1-14-9-5-8-12(14)13(15)16-10-11-6-3-2-4-7-11/h5,8-9,11H,2-4,6-7,10H2,1H3. The second-order valence-corrected chi connectivity index (χ2v) is 4.61. The SMILES string of the molecule is Cn1cccc1C(=O)OCC1CCCCC1. The Labute approximate surface area is 96.4 Å². The predicted molar refractivity (Wildman–Crippen MR) is 62.3 cm³/mol. The van der Waals surface area contributed by atoms with Crippen LogP contribution in [0, 0.1) is 5.92 Å². The van der Waals surface area contributed by atoms with Gasteiger partial charge >= 0.3 is 5.97 Å². The third-order valence-corrected chi connectivity index (χ3v) is 3.33. The molecule has 1 saturated carbocycles. The van der Waals surface area contributed by atoms with Gasteiger partial charge in [0.1, 0.15) is 5.69 Å². The van der Waals surface area contributed by atoms with Crippen molar-refractivity contribution >= 4 is 5.97 Å². The molecule has 16 heavy (non-hydrogen) atoms. The number of hydrogen-bond donors (Lipinski definition) is 0. The number of aromatic nitrogens is 1. The zero-order valence-corrected chi connectivity index (χ0v) is 9.82. The van der Waals surface area contributed by atoms with Crippen LogP contribution in [0.4, 0.5) is 0 Å². The largest absolute Gasteiger partial charge is 0.461 e. The molecule has 0 amide bonds. The second kappa shape index (κ2) is 5.19. The highest BCUT2D eigenvalue weighted by molar-refractivity contribution is 5.87. The molecule has 0 N–H and O–H groups in total. The van der Waals surface area contributed by atoms with Gasteiger partial charge in [-0.3, -0.25) is 0 Å². The summed E-state index contributed by atoms with van der Waals surface area (Å²) >= 11 is 0. The maximum Gasteiger partial charge on any atom is 0.354 e. The highest BCUT2D eigenvalue weighted by Crippen LogP contribution is 2.23. The maximum atomic E-state index is 11.7. The Kier molecular flexibility index (Phi) is 3.65. The van der Waals surface area contributed by atoms with Gasteiger partial charge in [0.25, 0.3) is 0 Å². The lowest BCUT2D eigenvalue weighted by atomic mass is 9.90. The van der Waals surface area contributed by atoms with E-state index < -0.39 is 0 Å². The molecule has 2 rings (SSSR count). The van der Waals surface area contributed by atoms with E-state index in [-0.39, 0.29) is 5.97 Å². The fraction of sp³-hybridized carbons (Fsp3) is 0.615. The van der Waals surface area contributed by atoms with Crippen molar-refractivity contribution in [3.8, 4) is 0 Å². The first-order valence-corrected chi connectivity index (χ1v) is 6.06. The zero-order chi connectivity index (χ0) is 11.4. The van der Waals surface area contributed by atoms with Crippen LogP contribution in [0.1, 0.15) is 42.6 Å². The molecule has 88 valence electrons. The maximum absolute atomic E-state index is 11.7. The van der Waals surface area contributed by atoms with Gasteiger partial charge in [0.15, 0.2) is 0 Å². The molecule has 3 nitrogen and oxygen atoms in total. The topological polar surface area (TPSA) is 31.2 Å². The smallest absolute Gasteiger partial charge is 0.354 e. The van der Waals surface area contributed by atoms with Gasteiger partial charge in [-0.15, -0.1) is 0 Å². The number of rotatable bonds is 3. The quantitative estimate of drug-likeness (QED) is 0.735. The van der Waals surface area contributed by atoms with Crippen molar-refractivity contribution in [2.45, 2.75) is 32.1 Å². The van der Waals surface area contributed by atoms with Crippen LogP contribution in [0.3, 0.4) is 0 Å². The van der Waals surface area contributed by atoms with Crippen LogP contribution >= 0.6 is 0 Å². The average molecular weight is 221 g/mol. The minimum Gasteiger partial charge on any atom is -0.461 e. The lowest BCUT2D eigenvalue weighted by Gasteiger charge is -2.21. The number of carbonyl (C=O) groups excluding carboxylic acids is 1. The number of ether oxygens (including phenoxy) is 1. The fourth-order valence-electron chi connectivity index (χ4n) is 2.29. The molecule has 0 spiro atoms. The van der Waals surface area contributed by atoms with Crippen LogP contribution in [-0.4, -0.2) is 17.1 Å². The first kappa shape index (κ1) is 11.2. The minimum atomic E-state index is -0.196. The fourth-order valence-corrected chi connectivity index (χ4v) is 2.29. The Morgan fingerprint density at radius 2 is 2.19 bits per heavy atom. The van der Waals surface area contributed by atoms with Crippen molar-refractivity contribution in [3.63, 3.8) is 0 Å². The van der Waals surface area contributed by atoms with Crippen LogP contribution in [0.2, 0.25) is 0 Å². The van der Waals surface area contributed by atoms with Crippen LogP contribution in [0.25, 0.3) is 0 Å². The van der Waals surface area contributed by atoms with E-state index >= 15 is 0 Å². The van der Waals surface area contributed by atoms with Gasteiger partial charge in [-0.1, -0.05) is 19.3 Å². The summed E-state index contributed by atoms with van der Waals surface area (Å²) in [4.78, 5) is 11.7. The van der Waals surface area contributed by atoms with E-state index in [0.29, 0.717) is 18.2 Å². The number of esters is 1. The molecule has 0 saturated heterocycles. The first-order chi connectivity index (χ1) is 7.77. The lowest BCUT2D eigenvalue weighted by Crippen LogP contribution is -2.18. The molecular weight excluding hydrogens is 202 g/mol. The molecule has 1 aliphatic carbocycles. The van der Waals surface area contributed by atoms with E-state index in [9.17, 15) is 4.79 Å². The Bertz CT molecular complexity index is 351.